The zero-order valence-electron chi connectivity index (χ0n) is 17.5. The second-order valence-electron chi connectivity index (χ2n) is 7.75. The Morgan fingerprint density at radius 3 is 2.32 bits per heavy atom. The van der Waals surface area contributed by atoms with Crippen molar-refractivity contribution in [3.8, 4) is 17.2 Å². The number of amides is 1. The van der Waals surface area contributed by atoms with Crippen LogP contribution in [0, 0.1) is 0 Å². The number of hydrogen-bond acceptors (Lipinski definition) is 6. The van der Waals surface area contributed by atoms with Crippen LogP contribution < -0.4 is 14.4 Å². The number of ether oxygens (including phenoxy) is 2. The van der Waals surface area contributed by atoms with Gasteiger partial charge >= 0.3 is 0 Å². The smallest absolute Gasteiger partial charge is 0.300 e. The first-order valence-corrected chi connectivity index (χ1v) is 11.0. The Bertz CT molecular complexity index is 1350. The predicted molar refractivity (Wildman–Crippen MR) is 127 cm³/mol. The van der Waals surface area contributed by atoms with Gasteiger partial charge in [0.2, 0.25) is 0 Å². The van der Waals surface area contributed by atoms with Gasteiger partial charge in [0.05, 0.1) is 11.6 Å². The van der Waals surface area contributed by atoms with Gasteiger partial charge < -0.3 is 19.7 Å². The van der Waals surface area contributed by atoms with Crippen molar-refractivity contribution < 1.29 is 29.3 Å². The highest BCUT2D eigenvalue weighted by Crippen LogP contribution is 2.44. The minimum atomic E-state index is -1.05. The molecule has 0 radical (unpaired) electrons. The van der Waals surface area contributed by atoms with Gasteiger partial charge in [-0.3, -0.25) is 14.5 Å². The number of fused-ring (bicyclic) bond motifs is 1. The summed E-state index contributed by atoms with van der Waals surface area (Å²) in [7, 11) is 0. The summed E-state index contributed by atoms with van der Waals surface area (Å²) in [4.78, 5) is 27.7. The van der Waals surface area contributed by atoms with Gasteiger partial charge in [-0.1, -0.05) is 35.3 Å². The van der Waals surface area contributed by atoms with E-state index in [0.29, 0.717) is 30.3 Å². The summed E-state index contributed by atoms with van der Waals surface area (Å²) < 4.78 is 11.1. The van der Waals surface area contributed by atoms with Gasteiger partial charge in [-0.25, -0.2) is 0 Å². The summed E-state index contributed by atoms with van der Waals surface area (Å²) in [6.07, 6.45) is 0. The fraction of sp³-hybridized carbons (Fsp3) is 0.120. The Morgan fingerprint density at radius 2 is 1.62 bits per heavy atom. The van der Waals surface area contributed by atoms with E-state index >= 15 is 0 Å². The van der Waals surface area contributed by atoms with E-state index in [2.05, 4.69) is 0 Å². The van der Waals surface area contributed by atoms with E-state index in [1.807, 2.05) is 0 Å². The minimum absolute atomic E-state index is 0.0634. The molecule has 1 fully saturated rings. The van der Waals surface area contributed by atoms with Gasteiger partial charge in [0.15, 0.2) is 11.5 Å². The number of halogens is 2. The highest BCUT2D eigenvalue weighted by molar-refractivity contribution is 6.52. The van der Waals surface area contributed by atoms with Gasteiger partial charge in [0.25, 0.3) is 11.7 Å². The SMILES string of the molecule is O=C1C(=O)N(c2cc(Cl)cc(Cl)c2)C(c2cccc(O)c2)/C1=C(/O)c1ccc2c(c1)OCCO2. The highest BCUT2D eigenvalue weighted by atomic mass is 35.5. The quantitative estimate of drug-likeness (QED) is 0.297. The summed E-state index contributed by atoms with van der Waals surface area (Å²) in [5.41, 5.74) is 0.809. The fourth-order valence-electron chi connectivity index (χ4n) is 4.13. The molecule has 0 bridgehead atoms. The van der Waals surface area contributed by atoms with Crippen molar-refractivity contribution in [2.24, 2.45) is 0 Å². The van der Waals surface area contributed by atoms with Gasteiger partial charge in [-0.2, -0.15) is 0 Å². The Morgan fingerprint density at radius 1 is 0.912 bits per heavy atom. The number of phenolic OH excluding ortho intramolecular Hbond substituents is 1. The first-order valence-electron chi connectivity index (χ1n) is 10.3. The molecule has 34 heavy (non-hydrogen) atoms. The van der Waals surface area contributed by atoms with Gasteiger partial charge in [-0.15, -0.1) is 0 Å². The van der Waals surface area contributed by atoms with Crippen LogP contribution in [0.4, 0.5) is 5.69 Å². The number of hydrogen-bond donors (Lipinski definition) is 2. The molecule has 9 heteroatoms. The maximum Gasteiger partial charge on any atom is 0.300 e. The van der Waals surface area contributed by atoms with Crippen LogP contribution in [0.25, 0.3) is 5.76 Å². The number of Topliss-reactive ketones (excluding diaryl/α,β-unsaturated/α-hetero) is 1. The van der Waals surface area contributed by atoms with Crippen molar-refractivity contribution in [3.63, 3.8) is 0 Å². The number of carbonyl (C=O) groups is 2. The largest absolute Gasteiger partial charge is 0.508 e. The summed E-state index contributed by atoms with van der Waals surface area (Å²) >= 11 is 12.3. The molecule has 2 aliphatic heterocycles. The number of aliphatic hydroxyl groups excluding tert-OH is 1. The van der Waals surface area contributed by atoms with Crippen LogP contribution in [0.1, 0.15) is 17.2 Å². The number of nitrogens with zero attached hydrogens (tertiary/aromatic N) is 1. The zero-order chi connectivity index (χ0) is 24.0. The van der Waals surface area contributed by atoms with Crippen molar-refractivity contribution in [1.29, 1.82) is 0 Å². The second kappa shape index (κ2) is 8.59. The molecule has 2 N–H and O–H groups in total. The van der Waals surface area contributed by atoms with E-state index in [0.717, 1.165) is 0 Å². The monoisotopic (exact) mass is 497 g/mol. The maximum absolute atomic E-state index is 13.2. The fourth-order valence-corrected chi connectivity index (χ4v) is 4.65. The van der Waals surface area contributed by atoms with E-state index < -0.39 is 17.7 Å². The Labute approximate surface area is 204 Å². The van der Waals surface area contributed by atoms with Crippen molar-refractivity contribution in [2.45, 2.75) is 6.04 Å². The van der Waals surface area contributed by atoms with Gasteiger partial charge in [-0.05, 0) is 54.1 Å². The third kappa shape index (κ3) is 3.83. The van der Waals surface area contributed by atoms with E-state index in [1.165, 1.54) is 35.2 Å². The molecule has 0 spiro atoms. The van der Waals surface area contributed by atoms with Crippen LogP contribution in [0.3, 0.4) is 0 Å². The summed E-state index contributed by atoms with van der Waals surface area (Å²) in [6.45, 7) is 0.754. The van der Waals surface area contributed by atoms with Crippen LogP contribution in [-0.4, -0.2) is 35.1 Å². The Kier molecular flexibility index (Phi) is 5.59. The molecular formula is C25H17Cl2NO6. The standard InChI is InChI=1S/C25H17Cl2NO6/c26-15-10-16(27)12-17(11-15)28-22(13-2-1-3-18(29)8-13)21(24(31)25(28)32)23(30)14-4-5-19-20(9-14)34-7-6-33-19/h1-5,8-12,22,29-30H,6-7H2/b23-21-. The van der Waals surface area contributed by atoms with E-state index in [1.54, 1.807) is 30.3 Å². The zero-order valence-corrected chi connectivity index (χ0v) is 19.0. The lowest BCUT2D eigenvalue weighted by Gasteiger charge is -2.26. The molecule has 0 aliphatic carbocycles. The lowest BCUT2D eigenvalue weighted by atomic mass is 9.95. The molecule has 7 nitrogen and oxygen atoms in total. The van der Waals surface area contributed by atoms with Crippen LogP contribution in [0.5, 0.6) is 17.2 Å². The van der Waals surface area contributed by atoms with E-state index in [-0.39, 0.29) is 38.4 Å². The lowest BCUT2D eigenvalue weighted by Crippen LogP contribution is -2.29. The third-order valence-electron chi connectivity index (χ3n) is 5.57. The van der Waals surface area contributed by atoms with Crippen LogP contribution in [-0.2, 0) is 9.59 Å². The third-order valence-corrected chi connectivity index (χ3v) is 6.01. The number of benzene rings is 3. The molecule has 2 heterocycles. The molecule has 1 atom stereocenters. The molecule has 1 amide bonds. The second-order valence-corrected chi connectivity index (χ2v) is 8.62. The van der Waals surface area contributed by atoms with Gasteiger partial charge in [0.1, 0.15) is 24.7 Å². The summed E-state index contributed by atoms with van der Waals surface area (Å²) in [5, 5.41) is 21.9. The molecule has 5 rings (SSSR count). The molecule has 1 saturated heterocycles. The maximum atomic E-state index is 13.2. The number of aromatic hydroxyl groups is 1. The number of anilines is 1. The van der Waals surface area contributed by atoms with Crippen molar-refractivity contribution in [2.75, 3.05) is 18.1 Å². The average Bonchev–Trinajstić information content (AvgIpc) is 3.08. The summed E-state index contributed by atoms with van der Waals surface area (Å²) in [5.74, 6) is -1.28. The molecule has 2 aliphatic rings. The topological polar surface area (TPSA) is 96.3 Å². The average molecular weight is 498 g/mol. The number of aliphatic hydroxyl groups is 1. The Hall–Kier alpha value is -3.68. The normalized spacial score (nSPS) is 18.9. The Balaban J connectivity index is 1.72. The first-order chi connectivity index (χ1) is 16.3. The van der Waals surface area contributed by atoms with Crippen LogP contribution >= 0.6 is 23.2 Å². The summed E-state index contributed by atoms with van der Waals surface area (Å²) in [6, 6.07) is 14.3. The molecule has 3 aromatic rings. The van der Waals surface area contributed by atoms with Crippen molar-refractivity contribution >= 4 is 46.3 Å². The number of ketones is 1. The van der Waals surface area contributed by atoms with Crippen LogP contribution in [0.2, 0.25) is 10.0 Å². The molecular weight excluding hydrogens is 481 g/mol. The highest BCUT2D eigenvalue weighted by Gasteiger charge is 2.47. The molecule has 172 valence electrons. The lowest BCUT2D eigenvalue weighted by molar-refractivity contribution is -0.132. The van der Waals surface area contributed by atoms with Crippen molar-refractivity contribution in [1.82, 2.24) is 0 Å². The van der Waals surface area contributed by atoms with E-state index in [9.17, 15) is 19.8 Å². The molecule has 3 aromatic carbocycles. The van der Waals surface area contributed by atoms with E-state index in [4.69, 9.17) is 32.7 Å². The molecule has 1 unspecified atom stereocenters. The molecule has 0 aromatic heterocycles. The minimum Gasteiger partial charge on any atom is -0.508 e. The number of phenols is 1. The number of carbonyl (C=O) groups excluding carboxylic acids is 2. The van der Waals surface area contributed by atoms with Crippen LogP contribution in [0.15, 0.2) is 66.2 Å². The van der Waals surface area contributed by atoms with Crippen molar-refractivity contribution in [3.05, 3.63) is 87.4 Å². The number of rotatable bonds is 3. The first kappa shape index (κ1) is 22.1. The molecule has 0 saturated carbocycles. The predicted octanol–water partition coefficient (Wildman–Crippen LogP) is 5.10. The van der Waals surface area contributed by atoms with Gasteiger partial charge in [0, 0.05) is 21.3 Å².